The van der Waals surface area contributed by atoms with Crippen LogP contribution < -0.4 is 10.6 Å². The fourth-order valence-electron chi connectivity index (χ4n) is 2.52. The van der Waals surface area contributed by atoms with Crippen molar-refractivity contribution in [1.29, 1.82) is 0 Å². The van der Waals surface area contributed by atoms with Crippen LogP contribution in [0.1, 0.15) is 37.7 Å². The van der Waals surface area contributed by atoms with Crippen LogP contribution >= 0.6 is 0 Å². The van der Waals surface area contributed by atoms with Gasteiger partial charge in [0.2, 0.25) is 5.91 Å². The van der Waals surface area contributed by atoms with Gasteiger partial charge in [0, 0.05) is 19.0 Å². The van der Waals surface area contributed by atoms with Crippen LogP contribution in [0.4, 0.5) is 4.39 Å². The number of carbonyl (C=O) groups excluding carboxylic acids is 1. The van der Waals surface area contributed by atoms with E-state index >= 15 is 0 Å². The molecule has 1 unspecified atom stereocenters. The third-order valence-electron chi connectivity index (χ3n) is 3.59. The Kier molecular flexibility index (Phi) is 4.91. The molecule has 0 aliphatic carbocycles. The number of benzene rings is 1. The second-order valence-electron chi connectivity index (χ2n) is 5.24. The van der Waals surface area contributed by atoms with Crippen molar-refractivity contribution in [2.24, 2.45) is 0 Å². The zero-order valence-corrected chi connectivity index (χ0v) is 11.3. The topological polar surface area (TPSA) is 41.1 Å². The minimum atomic E-state index is -0.234. The summed E-state index contributed by atoms with van der Waals surface area (Å²) >= 11 is 0. The van der Waals surface area contributed by atoms with Crippen LogP contribution in [0.2, 0.25) is 0 Å². The molecule has 1 aliphatic rings. The van der Waals surface area contributed by atoms with Gasteiger partial charge in [0.15, 0.2) is 0 Å². The number of hydrogen-bond donors (Lipinski definition) is 2. The van der Waals surface area contributed by atoms with Crippen molar-refractivity contribution in [1.82, 2.24) is 10.6 Å². The smallest absolute Gasteiger partial charge is 0.220 e. The van der Waals surface area contributed by atoms with Gasteiger partial charge in [0.25, 0.3) is 0 Å². The summed E-state index contributed by atoms with van der Waals surface area (Å²) in [5.74, 6) is -0.329. The van der Waals surface area contributed by atoms with Crippen LogP contribution in [0, 0.1) is 5.82 Å². The Morgan fingerprint density at radius 1 is 1.53 bits per heavy atom. The van der Waals surface area contributed by atoms with Crippen LogP contribution in [0.15, 0.2) is 24.3 Å². The maximum atomic E-state index is 13.6. The molecule has 1 heterocycles. The molecule has 1 amide bonds. The predicted octanol–water partition coefficient (Wildman–Crippen LogP) is 2.19. The van der Waals surface area contributed by atoms with E-state index < -0.39 is 0 Å². The average Bonchev–Trinajstić information content (AvgIpc) is 2.40. The fourth-order valence-corrected chi connectivity index (χ4v) is 2.52. The summed E-state index contributed by atoms with van der Waals surface area (Å²) in [5.41, 5.74) is 0.611. The maximum absolute atomic E-state index is 13.6. The highest BCUT2D eigenvalue weighted by molar-refractivity contribution is 5.77. The summed E-state index contributed by atoms with van der Waals surface area (Å²) in [5, 5.41) is 6.27. The van der Waals surface area contributed by atoms with Crippen LogP contribution in [0.3, 0.4) is 0 Å². The molecule has 4 heteroatoms. The molecule has 0 bridgehead atoms. The Hall–Kier alpha value is -1.42. The number of carbonyl (C=O) groups is 1. The van der Waals surface area contributed by atoms with Crippen molar-refractivity contribution >= 4 is 5.91 Å². The molecule has 1 saturated heterocycles. The molecule has 1 aliphatic heterocycles. The molecular weight excluding hydrogens is 243 g/mol. The summed E-state index contributed by atoms with van der Waals surface area (Å²) in [7, 11) is 0. The van der Waals surface area contributed by atoms with Crippen molar-refractivity contribution in [3.05, 3.63) is 35.6 Å². The van der Waals surface area contributed by atoms with Gasteiger partial charge in [-0.25, -0.2) is 4.39 Å². The molecule has 1 aromatic carbocycles. The third-order valence-corrected chi connectivity index (χ3v) is 3.59. The second-order valence-corrected chi connectivity index (χ2v) is 5.24. The zero-order chi connectivity index (χ0) is 13.7. The van der Waals surface area contributed by atoms with E-state index in [9.17, 15) is 9.18 Å². The first kappa shape index (κ1) is 14.0. The van der Waals surface area contributed by atoms with Crippen LogP contribution in [-0.4, -0.2) is 25.0 Å². The van der Waals surface area contributed by atoms with Gasteiger partial charge in [0.05, 0.1) is 0 Å². The SMILES string of the molecule is CC(CC(=O)N[C@H]1CCCNC1)c1ccccc1F. The van der Waals surface area contributed by atoms with Crippen molar-refractivity contribution in [2.75, 3.05) is 13.1 Å². The Morgan fingerprint density at radius 3 is 3.00 bits per heavy atom. The molecule has 0 saturated carbocycles. The zero-order valence-electron chi connectivity index (χ0n) is 11.3. The van der Waals surface area contributed by atoms with Crippen molar-refractivity contribution in [2.45, 2.75) is 38.1 Å². The summed E-state index contributed by atoms with van der Waals surface area (Å²) in [6.07, 6.45) is 2.44. The number of piperidine rings is 1. The van der Waals surface area contributed by atoms with E-state index in [2.05, 4.69) is 10.6 Å². The standard InChI is InChI=1S/C15H21FN2O/c1-11(13-6-2-3-7-14(13)16)9-15(19)18-12-5-4-8-17-10-12/h2-3,6-7,11-12,17H,4-5,8-10H2,1H3,(H,18,19)/t11?,12-/m0/s1. The van der Waals surface area contributed by atoms with E-state index in [1.807, 2.05) is 6.92 Å². The Labute approximate surface area is 113 Å². The van der Waals surface area contributed by atoms with E-state index in [0.717, 1.165) is 25.9 Å². The molecule has 104 valence electrons. The van der Waals surface area contributed by atoms with Crippen LogP contribution in [0.5, 0.6) is 0 Å². The molecular formula is C15H21FN2O. The fraction of sp³-hybridized carbons (Fsp3) is 0.533. The normalized spacial score (nSPS) is 20.8. The van der Waals surface area contributed by atoms with E-state index in [1.54, 1.807) is 18.2 Å². The molecule has 0 radical (unpaired) electrons. The van der Waals surface area contributed by atoms with Gasteiger partial charge in [0.1, 0.15) is 5.82 Å². The highest BCUT2D eigenvalue weighted by Gasteiger charge is 2.18. The minimum Gasteiger partial charge on any atom is -0.352 e. The molecule has 2 rings (SSSR count). The lowest BCUT2D eigenvalue weighted by Gasteiger charge is -2.24. The van der Waals surface area contributed by atoms with E-state index in [0.29, 0.717) is 12.0 Å². The van der Waals surface area contributed by atoms with Gasteiger partial charge < -0.3 is 10.6 Å². The molecule has 0 aromatic heterocycles. The maximum Gasteiger partial charge on any atom is 0.220 e. The van der Waals surface area contributed by atoms with Crippen molar-refractivity contribution in [3.8, 4) is 0 Å². The van der Waals surface area contributed by atoms with Crippen LogP contribution in [0.25, 0.3) is 0 Å². The minimum absolute atomic E-state index is 0.00412. The number of nitrogens with one attached hydrogen (secondary N) is 2. The van der Waals surface area contributed by atoms with E-state index in [-0.39, 0.29) is 23.7 Å². The lowest BCUT2D eigenvalue weighted by atomic mass is 9.96. The predicted molar refractivity (Wildman–Crippen MR) is 73.5 cm³/mol. The van der Waals surface area contributed by atoms with Gasteiger partial charge >= 0.3 is 0 Å². The Morgan fingerprint density at radius 2 is 2.32 bits per heavy atom. The number of hydrogen-bond acceptors (Lipinski definition) is 2. The van der Waals surface area contributed by atoms with Gasteiger partial charge in [-0.15, -0.1) is 0 Å². The number of halogens is 1. The molecule has 1 fully saturated rings. The van der Waals surface area contributed by atoms with Gasteiger partial charge in [-0.2, -0.15) is 0 Å². The van der Waals surface area contributed by atoms with E-state index in [4.69, 9.17) is 0 Å². The molecule has 19 heavy (non-hydrogen) atoms. The largest absolute Gasteiger partial charge is 0.352 e. The quantitative estimate of drug-likeness (QED) is 0.875. The first-order valence-corrected chi connectivity index (χ1v) is 6.91. The Balaban J connectivity index is 1.86. The molecule has 2 N–H and O–H groups in total. The van der Waals surface area contributed by atoms with Crippen LogP contribution in [-0.2, 0) is 4.79 Å². The Bertz CT molecular complexity index is 430. The third kappa shape index (κ3) is 4.03. The lowest BCUT2D eigenvalue weighted by Crippen LogP contribution is -2.45. The number of amides is 1. The highest BCUT2D eigenvalue weighted by atomic mass is 19.1. The van der Waals surface area contributed by atoms with Crippen molar-refractivity contribution < 1.29 is 9.18 Å². The lowest BCUT2D eigenvalue weighted by molar-refractivity contribution is -0.122. The van der Waals surface area contributed by atoms with Gasteiger partial charge in [-0.05, 0) is 36.9 Å². The van der Waals surface area contributed by atoms with Gasteiger partial charge in [-0.3, -0.25) is 4.79 Å². The molecule has 0 spiro atoms. The summed E-state index contributed by atoms with van der Waals surface area (Å²) in [6, 6.07) is 6.87. The molecule has 1 aromatic rings. The molecule has 2 atom stereocenters. The summed E-state index contributed by atoms with van der Waals surface area (Å²) < 4.78 is 13.6. The monoisotopic (exact) mass is 264 g/mol. The molecule has 3 nitrogen and oxygen atoms in total. The first-order valence-electron chi connectivity index (χ1n) is 6.91. The second kappa shape index (κ2) is 6.66. The summed E-state index contributed by atoms with van der Waals surface area (Å²) in [4.78, 5) is 11.9. The average molecular weight is 264 g/mol. The first-order chi connectivity index (χ1) is 9.16. The number of rotatable bonds is 4. The van der Waals surface area contributed by atoms with Crippen molar-refractivity contribution in [3.63, 3.8) is 0 Å². The highest BCUT2D eigenvalue weighted by Crippen LogP contribution is 2.21. The van der Waals surface area contributed by atoms with E-state index in [1.165, 1.54) is 6.07 Å². The summed E-state index contributed by atoms with van der Waals surface area (Å²) in [6.45, 7) is 3.74. The van der Waals surface area contributed by atoms with Gasteiger partial charge in [-0.1, -0.05) is 25.1 Å².